The number of nitrogens with zero attached hydrogens (tertiary/aromatic N) is 1. The molecule has 15 heavy (non-hydrogen) atoms. The van der Waals surface area contributed by atoms with Gasteiger partial charge in [0.15, 0.2) is 0 Å². The summed E-state index contributed by atoms with van der Waals surface area (Å²) >= 11 is 2.11. The molecule has 0 aromatic carbocycles. The van der Waals surface area contributed by atoms with E-state index < -0.39 is 0 Å². The zero-order valence-electron chi connectivity index (χ0n) is 9.87. The highest BCUT2D eigenvalue weighted by Crippen LogP contribution is 2.17. The Morgan fingerprint density at radius 1 is 1.47 bits per heavy atom. The molecule has 0 spiro atoms. The van der Waals surface area contributed by atoms with Crippen molar-refractivity contribution in [3.63, 3.8) is 0 Å². The highest BCUT2D eigenvalue weighted by molar-refractivity contribution is 7.99. The topological polar surface area (TPSA) is 15.3 Å². The van der Waals surface area contributed by atoms with Gasteiger partial charge < -0.3 is 5.32 Å². The molecule has 3 heteroatoms. The molecule has 2 aliphatic heterocycles. The standard InChI is InChI=1S/C12H24N2S/c1-11-10-15-9-8-14(11)7-3-5-12-4-2-6-13-12/h11-13H,2-10H2,1H3. The molecule has 0 aliphatic carbocycles. The molecule has 2 atom stereocenters. The van der Waals surface area contributed by atoms with Crippen molar-refractivity contribution in [2.75, 3.05) is 31.1 Å². The fourth-order valence-corrected chi connectivity index (χ4v) is 3.72. The summed E-state index contributed by atoms with van der Waals surface area (Å²) in [6, 6.07) is 1.64. The summed E-state index contributed by atoms with van der Waals surface area (Å²) in [5.74, 6) is 2.67. The van der Waals surface area contributed by atoms with E-state index in [9.17, 15) is 0 Å². The number of hydrogen-bond donors (Lipinski definition) is 1. The molecule has 2 saturated heterocycles. The first kappa shape index (κ1) is 11.7. The molecule has 88 valence electrons. The molecule has 2 fully saturated rings. The lowest BCUT2D eigenvalue weighted by Crippen LogP contribution is -2.41. The summed E-state index contributed by atoms with van der Waals surface area (Å²) in [6.45, 7) is 6.26. The maximum atomic E-state index is 3.58. The number of rotatable bonds is 4. The molecule has 0 aromatic heterocycles. The molecule has 2 aliphatic rings. The zero-order chi connectivity index (χ0) is 10.5. The van der Waals surface area contributed by atoms with Crippen molar-refractivity contribution in [3.05, 3.63) is 0 Å². The fraction of sp³-hybridized carbons (Fsp3) is 1.00. The normalized spacial score (nSPS) is 33.4. The predicted octanol–water partition coefficient (Wildman–Crippen LogP) is 1.96. The average Bonchev–Trinajstić information content (AvgIpc) is 2.74. The second kappa shape index (κ2) is 6.12. The third-order valence-corrected chi connectivity index (χ3v) is 4.85. The zero-order valence-corrected chi connectivity index (χ0v) is 10.7. The van der Waals surface area contributed by atoms with Crippen LogP contribution in [0.25, 0.3) is 0 Å². The minimum absolute atomic E-state index is 0.806. The van der Waals surface area contributed by atoms with Crippen molar-refractivity contribution in [3.8, 4) is 0 Å². The van der Waals surface area contributed by atoms with Crippen LogP contribution in [0, 0.1) is 0 Å². The van der Waals surface area contributed by atoms with Gasteiger partial charge >= 0.3 is 0 Å². The lowest BCUT2D eigenvalue weighted by Gasteiger charge is -2.33. The van der Waals surface area contributed by atoms with Crippen LogP contribution in [-0.4, -0.2) is 48.1 Å². The van der Waals surface area contributed by atoms with Crippen LogP contribution in [0.15, 0.2) is 0 Å². The van der Waals surface area contributed by atoms with E-state index in [4.69, 9.17) is 0 Å². The van der Waals surface area contributed by atoms with Crippen LogP contribution in [0.4, 0.5) is 0 Å². The predicted molar refractivity (Wildman–Crippen MR) is 68.6 cm³/mol. The number of thioether (sulfide) groups is 1. The highest BCUT2D eigenvalue weighted by Gasteiger charge is 2.19. The van der Waals surface area contributed by atoms with E-state index in [1.54, 1.807) is 0 Å². The number of nitrogens with one attached hydrogen (secondary N) is 1. The van der Waals surface area contributed by atoms with Gasteiger partial charge in [-0.1, -0.05) is 0 Å². The van der Waals surface area contributed by atoms with Crippen LogP contribution >= 0.6 is 11.8 Å². The van der Waals surface area contributed by atoms with Crippen LogP contribution in [0.1, 0.15) is 32.6 Å². The van der Waals surface area contributed by atoms with Gasteiger partial charge in [-0.25, -0.2) is 0 Å². The van der Waals surface area contributed by atoms with Gasteiger partial charge in [0.05, 0.1) is 0 Å². The van der Waals surface area contributed by atoms with E-state index in [0.29, 0.717) is 0 Å². The Balaban J connectivity index is 1.59. The van der Waals surface area contributed by atoms with E-state index in [0.717, 1.165) is 12.1 Å². The largest absolute Gasteiger partial charge is 0.314 e. The van der Waals surface area contributed by atoms with Gasteiger partial charge in [0.25, 0.3) is 0 Å². The Morgan fingerprint density at radius 2 is 2.40 bits per heavy atom. The summed E-state index contributed by atoms with van der Waals surface area (Å²) in [7, 11) is 0. The van der Waals surface area contributed by atoms with Crippen molar-refractivity contribution in [2.45, 2.75) is 44.7 Å². The van der Waals surface area contributed by atoms with Gasteiger partial charge in [-0.05, 0) is 45.7 Å². The Bertz CT molecular complexity index is 180. The lowest BCUT2D eigenvalue weighted by atomic mass is 10.1. The Kier molecular flexibility index (Phi) is 4.79. The maximum absolute atomic E-state index is 3.58. The first-order chi connectivity index (χ1) is 7.36. The average molecular weight is 228 g/mol. The van der Waals surface area contributed by atoms with E-state index in [1.165, 1.54) is 56.8 Å². The molecule has 2 nitrogen and oxygen atoms in total. The minimum Gasteiger partial charge on any atom is -0.314 e. The molecule has 2 rings (SSSR count). The number of hydrogen-bond acceptors (Lipinski definition) is 3. The van der Waals surface area contributed by atoms with Crippen molar-refractivity contribution in [1.82, 2.24) is 10.2 Å². The molecule has 1 N–H and O–H groups in total. The summed E-state index contributed by atoms with van der Waals surface area (Å²) in [6.07, 6.45) is 5.57. The molecule has 2 unspecified atom stereocenters. The first-order valence-electron chi connectivity index (χ1n) is 6.41. The van der Waals surface area contributed by atoms with Crippen LogP contribution in [0.5, 0.6) is 0 Å². The molecule has 0 bridgehead atoms. The summed E-state index contributed by atoms with van der Waals surface area (Å²) in [4.78, 5) is 2.67. The quantitative estimate of drug-likeness (QED) is 0.792. The van der Waals surface area contributed by atoms with Gasteiger partial charge in [0, 0.05) is 30.1 Å². The summed E-state index contributed by atoms with van der Waals surface area (Å²) in [5, 5.41) is 3.58. The molecule has 0 radical (unpaired) electrons. The minimum atomic E-state index is 0.806. The Hall–Kier alpha value is 0.270. The molecule has 0 aromatic rings. The van der Waals surface area contributed by atoms with Gasteiger partial charge in [0.2, 0.25) is 0 Å². The van der Waals surface area contributed by atoms with Crippen molar-refractivity contribution < 1.29 is 0 Å². The SMILES string of the molecule is CC1CSCCN1CCCC1CCCN1. The van der Waals surface area contributed by atoms with Crippen molar-refractivity contribution in [2.24, 2.45) is 0 Å². The molecular weight excluding hydrogens is 204 g/mol. The van der Waals surface area contributed by atoms with E-state index in [-0.39, 0.29) is 0 Å². The van der Waals surface area contributed by atoms with Crippen LogP contribution < -0.4 is 5.32 Å². The first-order valence-corrected chi connectivity index (χ1v) is 7.57. The Morgan fingerprint density at radius 3 is 3.13 bits per heavy atom. The van der Waals surface area contributed by atoms with Crippen molar-refractivity contribution in [1.29, 1.82) is 0 Å². The monoisotopic (exact) mass is 228 g/mol. The second-order valence-electron chi connectivity index (χ2n) is 4.90. The maximum Gasteiger partial charge on any atom is 0.0158 e. The molecule has 2 heterocycles. The van der Waals surface area contributed by atoms with Crippen LogP contribution in [0.2, 0.25) is 0 Å². The smallest absolute Gasteiger partial charge is 0.0158 e. The van der Waals surface area contributed by atoms with Gasteiger partial charge in [-0.15, -0.1) is 0 Å². The lowest BCUT2D eigenvalue weighted by molar-refractivity contribution is 0.225. The highest BCUT2D eigenvalue weighted by atomic mass is 32.2. The second-order valence-corrected chi connectivity index (χ2v) is 6.05. The summed E-state index contributed by atoms with van der Waals surface area (Å²) in [5.41, 5.74) is 0. The van der Waals surface area contributed by atoms with Gasteiger partial charge in [-0.2, -0.15) is 11.8 Å². The van der Waals surface area contributed by atoms with Gasteiger partial charge in [0.1, 0.15) is 0 Å². The van der Waals surface area contributed by atoms with Crippen molar-refractivity contribution >= 4 is 11.8 Å². The third-order valence-electron chi connectivity index (χ3n) is 3.67. The molecule has 0 saturated carbocycles. The Labute approximate surface area is 98.2 Å². The van der Waals surface area contributed by atoms with Crippen LogP contribution in [-0.2, 0) is 0 Å². The van der Waals surface area contributed by atoms with Crippen LogP contribution in [0.3, 0.4) is 0 Å². The van der Waals surface area contributed by atoms with E-state index in [2.05, 4.69) is 28.9 Å². The van der Waals surface area contributed by atoms with E-state index in [1.807, 2.05) is 0 Å². The summed E-state index contributed by atoms with van der Waals surface area (Å²) < 4.78 is 0. The third kappa shape index (κ3) is 3.65. The molecular formula is C12H24N2S. The van der Waals surface area contributed by atoms with Gasteiger partial charge in [-0.3, -0.25) is 4.90 Å². The fourth-order valence-electron chi connectivity index (χ4n) is 2.64. The van der Waals surface area contributed by atoms with E-state index >= 15 is 0 Å². The molecule has 0 amide bonds.